The minimum atomic E-state index is -4.08. The maximum atomic E-state index is 13.8. The van der Waals surface area contributed by atoms with Crippen LogP contribution in [0.2, 0.25) is 0 Å². The van der Waals surface area contributed by atoms with E-state index in [0.29, 0.717) is 11.1 Å². The van der Waals surface area contributed by atoms with Gasteiger partial charge in [0, 0.05) is 17.3 Å². The molecule has 1 aliphatic carbocycles. The first-order valence-corrected chi connectivity index (χ1v) is 9.03. The molecule has 0 bridgehead atoms. The predicted molar refractivity (Wildman–Crippen MR) is 88.9 cm³/mol. The summed E-state index contributed by atoms with van der Waals surface area (Å²) in [6.45, 7) is 1.68. The largest absolute Gasteiger partial charge is 0.349 e. The Kier molecular flexibility index (Phi) is 4.28. The van der Waals surface area contributed by atoms with Crippen LogP contribution in [0, 0.1) is 12.7 Å². The summed E-state index contributed by atoms with van der Waals surface area (Å²) in [5.41, 5.74) is 1.19. The average Bonchev–Trinajstić information content (AvgIpc) is 3.33. The van der Waals surface area contributed by atoms with Crippen molar-refractivity contribution in [2.24, 2.45) is 0 Å². The molecule has 0 heterocycles. The van der Waals surface area contributed by atoms with E-state index in [4.69, 9.17) is 0 Å². The molecule has 3 rings (SSSR count). The third kappa shape index (κ3) is 3.73. The molecule has 1 aliphatic rings. The Morgan fingerprint density at radius 2 is 1.92 bits per heavy atom. The highest BCUT2D eigenvalue weighted by atomic mass is 32.2. The summed E-state index contributed by atoms with van der Waals surface area (Å²) >= 11 is 0. The minimum Gasteiger partial charge on any atom is -0.349 e. The molecule has 0 atom stereocenters. The van der Waals surface area contributed by atoms with Crippen LogP contribution in [0.3, 0.4) is 0 Å². The number of carbonyl (C=O) groups excluding carboxylic acids is 1. The zero-order chi connectivity index (χ0) is 17.3. The maximum Gasteiger partial charge on any atom is 0.264 e. The average molecular weight is 348 g/mol. The fourth-order valence-electron chi connectivity index (χ4n) is 2.25. The monoisotopic (exact) mass is 348 g/mol. The lowest BCUT2D eigenvalue weighted by atomic mass is 10.2. The predicted octanol–water partition coefficient (Wildman–Crippen LogP) is 2.83. The SMILES string of the molecule is Cc1ccc(F)c(S(=O)(=O)Nc2cccc(C(=O)NC3CC3)c2)c1. The topological polar surface area (TPSA) is 75.3 Å². The first-order chi connectivity index (χ1) is 11.3. The Morgan fingerprint density at radius 3 is 2.62 bits per heavy atom. The molecule has 2 aromatic carbocycles. The van der Waals surface area contributed by atoms with Gasteiger partial charge in [-0.05, 0) is 55.7 Å². The van der Waals surface area contributed by atoms with Crippen LogP contribution < -0.4 is 10.0 Å². The third-order valence-electron chi connectivity index (χ3n) is 3.67. The van der Waals surface area contributed by atoms with Gasteiger partial charge in [0.15, 0.2) is 0 Å². The Balaban J connectivity index is 1.84. The lowest BCUT2D eigenvalue weighted by molar-refractivity contribution is 0.0951. The number of sulfonamides is 1. The van der Waals surface area contributed by atoms with E-state index in [0.717, 1.165) is 18.9 Å². The van der Waals surface area contributed by atoms with E-state index in [9.17, 15) is 17.6 Å². The molecule has 7 heteroatoms. The van der Waals surface area contributed by atoms with Crippen LogP contribution in [0.25, 0.3) is 0 Å². The van der Waals surface area contributed by atoms with E-state index in [2.05, 4.69) is 10.0 Å². The van der Waals surface area contributed by atoms with Crippen LogP contribution in [-0.2, 0) is 10.0 Å². The molecule has 126 valence electrons. The Bertz CT molecular complexity index is 892. The van der Waals surface area contributed by atoms with Gasteiger partial charge in [-0.15, -0.1) is 0 Å². The van der Waals surface area contributed by atoms with Gasteiger partial charge in [0.1, 0.15) is 10.7 Å². The molecule has 0 aromatic heterocycles. The highest BCUT2D eigenvalue weighted by molar-refractivity contribution is 7.92. The first-order valence-electron chi connectivity index (χ1n) is 7.55. The second-order valence-corrected chi connectivity index (χ2v) is 7.52. The van der Waals surface area contributed by atoms with Gasteiger partial charge in [-0.1, -0.05) is 12.1 Å². The van der Waals surface area contributed by atoms with Crippen molar-refractivity contribution in [1.82, 2.24) is 5.32 Å². The summed E-state index contributed by atoms with van der Waals surface area (Å²) in [6, 6.07) is 10.2. The molecule has 0 spiro atoms. The molecule has 1 fully saturated rings. The zero-order valence-corrected chi connectivity index (χ0v) is 13.9. The van der Waals surface area contributed by atoms with E-state index in [1.165, 1.54) is 24.3 Å². The van der Waals surface area contributed by atoms with Crippen molar-refractivity contribution in [3.63, 3.8) is 0 Å². The van der Waals surface area contributed by atoms with Gasteiger partial charge in [-0.25, -0.2) is 12.8 Å². The van der Waals surface area contributed by atoms with Crippen LogP contribution in [0.4, 0.5) is 10.1 Å². The molecule has 0 radical (unpaired) electrons. The second-order valence-electron chi connectivity index (χ2n) is 5.87. The summed E-state index contributed by atoms with van der Waals surface area (Å²) < 4.78 is 40.9. The lowest BCUT2D eigenvalue weighted by Crippen LogP contribution is -2.25. The highest BCUT2D eigenvalue weighted by Crippen LogP contribution is 2.22. The number of amides is 1. The Labute approximate surface area is 139 Å². The van der Waals surface area contributed by atoms with Crippen LogP contribution in [0.5, 0.6) is 0 Å². The van der Waals surface area contributed by atoms with Crippen molar-refractivity contribution in [3.05, 3.63) is 59.4 Å². The number of hydrogen-bond donors (Lipinski definition) is 2. The summed E-state index contributed by atoms with van der Waals surface area (Å²) in [7, 11) is -4.08. The molecular formula is C17H17FN2O3S. The van der Waals surface area contributed by atoms with E-state index in [1.807, 2.05) is 0 Å². The van der Waals surface area contributed by atoms with Crippen molar-refractivity contribution in [2.75, 3.05) is 4.72 Å². The number of carbonyl (C=O) groups is 1. The lowest BCUT2D eigenvalue weighted by Gasteiger charge is -2.11. The van der Waals surface area contributed by atoms with Gasteiger partial charge in [-0.3, -0.25) is 9.52 Å². The number of anilines is 1. The number of rotatable bonds is 5. The standard InChI is InChI=1S/C17H17FN2O3S/c1-11-5-8-15(18)16(9-11)24(22,23)20-14-4-2-3-12(10-14)17(21)19-13-6-7-13/h2-5,8-10,13,20H,6-7H2,1H3,(H,19,21). The quantitative estimate of drug-likeness (QED) is 0.872. The van der Waals surface area contributed by atoms with Gasteiger partial charge in [0.25, 0.3) is 15.9 Å². The number of hydrogen-bond acceptors (Lipinski definition) is 3. The van der Waals surface area contributed by atoms with Crippen molar-refractivity contribution in [3.8, 4) is 0 Å². The molecule has 1 saturated carbocycles. The van der Waals surface area contributed by atoms with E-state index in [1.54, 1.807) is 19.1 Å². The van der Waals surface area contributed by atoms with Gasteiger partial charge in [0.05, 0.1) is 0 Å². The Hall–Kier alpha value is -2.41. The number of aryl methyl sites for hydroxylation is 1. The molecule has 5 nitrogen and oxygen atoms in total. The molecule has 0 unspecified atom stereocenters. The number of nitrogens with one attached hydrogen (secondary N) is 2. The summed E-state index contributed by atoms with van der Waals surface area (Å²) in [5.74, 6) is -1.07. The van der Waals surface area contributed by atoms with Crippen LogP contribution in [0.1, 0.15) is 28.8 Å². The molecule has 24 heavy (non-hydrogen) atoms. The fraction of sp³-hybridized carbons (Fsp3) is 0.235. The van der Waals surface area contributed by atoms with E-state index in [-0.39, 0.29) is 17.6 Å². The van der Waals surface area contributed by atoms with Gasteiger partial charge in [-0.2, -0.15) is 0 Å². The van der Waals surface area contributed by atoms with Crippen molar-refractivity contribution < 1.29 is 17.6 Å². The van der Waals surface area contributed by atoms with Gasteiger partial charge < -0.3 is 5.32 Å². The summed E-state index contributed by atoms with van der Waals surface area (Å²) in [6.07, 6.45) is 1.93. The number of halogens is 1. The smallest absolute Gasteiger partial charge is 0.264 e. The van der Waals surface area contributed by atoms with Gasteiger partial charge in [0.2, 0.25) is 0 Å². The van der Waals surface area contributed by atoms with E-state index < -0.39 is 20.7 Å². The molecular weight excluding hydrogens is 331 g/mol. The highest BCUT2D eigenvalue weighted by Gasteiger charge is 2.24. The van der Waals surface area contributed by atoms with Crippen LogP contribution in [-0.4, -0.2) is 20.4 Å². The minimum absolute atomic E-state index is 0.208. The zero-order valence-electron chi connectivity index (χ0n) is 13.0. The van der Waals surface area contributed by atoms with E-state index >= 15 is 0 Å². The van der Waals surface area contributed by atoms with Crippen molar-refractivity contribution >= 4 is 21.6 Å². The van der Waals surface area contributed by atoms with Crippen LogP contribution in [0.15, 0.2) is 47.4 Å². The summed E-state index contributed by atoms with van der Waals surface area (Å²) in [5, 5.41) is 2.83. The van der Waals surface area contributed by atoms with Crippen LogP contribution >= 0.6 is 0 Å². The molecule has 1 amide bonds. The number of benzene rings is 2. The maximum absolute atomic E-state index is 13.8. The molecule has 2 N–H and O–H groups in total. The molecule has 0 saturated heterocycles. The fourth-order valence-corrected chi connectivity index (χ4v) is 3.46. The molecule has 2 aromatic rings. The normalized spacial score (nSPS) is 14.2. The second kappa shape index (κ2) is 6.24. The van der Waals surface area contributed by atoms with Crippen molar-refractivity contribution in [2.45, 2.75) is 30.7 Å². The van der Waals surface area contributed by atoms with Crippen molar-refractivity contribution in [1.29, 1.82) is 0 Å². The third-order valence-corrected chi connectivity index (χ3v) is 5.06. The molecule has 0 aliphatic heterocycles. The Morgan fingerprint density at radius 1 is 1.17 bits per heavy atom. The summed E-state index contributed by atoms with van der Waals surface area (Å²) in [4.78, 5) is 11.6. The first kappa shape index (κ1) is 16.4. The van der Waals surface area contributed by atoms with Gasteiger partial charge >= 0.3 is 0 Å².